The van der Waals surface area contributed by atoms with E-state index in [9.17, 15) is 0 Å². The minimum atomic E-state index is -0.186. The number of nitrogens with zero attached hydrogens (tertiary/aromatic N) is 4. The zero-order chi connectivity index (χ0) is 22.8. The molecule has 2 aromatic heterocycles. The van der Waals surface area contributed by atoms with E-state index in [4.69, 9.17) is 30.9 Å². The Bertz CT molecular complexity index is 811. The molecule has 0 saturated carbocycles. The Balaban J connectivity index is 0.000000807. The molecule has 10 heteroatoms. The fourth-order valence-corrected chi connectivity index (χ4v) is 3.42. The first-order chi connectivity index (χ1) is 15.2. The number of methoxy groups -OCH3 is 1. The maximum atomic E-state index is 6.20. The molecule has 4 heterocycles. The molecule has 2 aromatic rings. The number of hydrogen-bond acceptors (Lipinski definition) is 8. The highest BCUT2D eigenvalue weighted by molar-refractivity contribution is 6.32. The third kappa shape index (κ3) is 6.21. The molecule has 4 rings (SSSR count). The molecule has 0 amide bonds. The first-order valence-electron chi connectivity index (χ1n) is 11.0. The van der Waals surface area contributed by atoms with Gasteiger partial charge in [-0.3, -0.25) is 4.68 Å². The number of anilines is 3. The van der Waals surface area contributed by atoms with Gasteiger partial charge in [0.15, 0.2) is 5.82 Å². The lowest BCUT2D eigenvalue weighted by Gasteiger charge is -2.23. The van der Waals surface area contributed by atoms with Gasteiger partial charge < -0.3 is 24.8 Å². The number of hydrogen-bond donors (Lipinski definition) is 2. The Hall–Kier alpha value is -2.10. The highest BCUT2D eigenvalue weighted by atomic mass is 35.5. The number of fused-ring (bicyclic) bond motifs is 3. The van der Waals surface area contributed by atoms with E-state index >= 15 is 0 Å². The number of halogens is 1. The van der Waals surface area contributed by atoms with Crippen molar-refractivity contribution in [3.8, 4) is 5.88 Å². The van der Waals surface area contributed by atoms with Crippen molar-refractivity contribution in [3.05, 3.63) is 16.9 Å². The van der Waals surface area contributed by atoms with Gasteiger partial charge >= 0.3 is 0 Å². The Kier molecular flexibility index (Phi) is 10.3. The minimum absolute atomic E-state index is 0.186. The van der Waals surface area contributed by atoms with Crippen molar-refractivity contribution in [1.82, 2.24) is 19.7 Å². The van der Waals surface area contributed by atoms with Crippen LogP contribution in [-0.4, -0.2) is 59.3 Å². The summed E-state index contributed by atoms with van der Waals surface area (Å²) in [4.78, 5) is 8.74. The van der Waals surface area contributed by atoms with Crippen LogP contribution in [0, 0.1) is 6.92 Å². The van der Waals surface area contributed by atoms with E-state index in [1.54, 1.807) is 13.3 Å². The highest BCUT2D eigenvalue weighted by Crippen LogP contribution is 2.34. The number of rotatable bonds is 2. The molecular formula is C21H35ClN6O3. The van der Waals surface area contributed by atoms with Gasteiger partial charge in [-0.2, -0.15) is 4.98 Å². The molecule has 2 bridgehead atoms. The first-order valence-corrected chi connectivity index (χ1v) is 11.4. The molecule has 2 unspecified atom stereocenters. The summed E-state index contributed by atoms with van der Waals surface area (Å²) in [5.74, 6) is 1.47. The van der Waals surface area contributed by atoms with Crippen molar-refractivity contribution in [2.24, 2.45) is 0 Å². The van der Waals surface area contributed by atoms with Crippen LogP contribution in [0.25, 0.3) is 0 Å². The van der Waals surface area contributed by atoms with Crippen LogP contribution in [0.3, 0.4) is 0 Å². The Labute approximate surface area is 189 Å². The van der Waals surface area contributed by atoms with E-state index in [1.165, 1.54) is 0 Å². The van der Waals surface area contributed by atoms with Crippen LogP contribution in [-0.2, 0) is 9.47 Å². The van der Waals surface area contributed by atoms with Gasteiger partial charge in [0.25, 0.3) is 5.88 Å². The van der Waals surface area contributed by atoms with Gasteiger partial charge in [0.05, 0.1) is 24.5 Å². The first kappa shape index (κ1) is 25.2. The second kappa shape index (κ2) is 12.7. The summed E-state index contributed by atoms with van der Waals surface area (Å²) in [5.41, 5.74) is 1.69. The minimum Gasteiger partial charge on any atom is -0.472 e. The van der Waals surface area contributed by atoms with Crippen molar-refractivity contribution in [3.63, 3.8) is 0 Å². The average Bonchev–Trinajstić information content (AvgIpc) is 3.12. The molecule has 0 spiro atoms. The summed E-state index contributed by atoms with van der Waals surface area (Å²) in [6.07, 6.45) is 3.42. The monoisotopic (exact) mass is 454 g/mol. The van der Waals surface area contributed by atoms with Crippen molar-refractivity contribution >= 4 is 29.1 Å². The van der Waals surface area contributed by atoms with Gasteiger partial charge in [0.1, 0.15) is 23.4 Å². The molecule has 0 aromatic carbocycles. The van der Waals surface area contributed by atoms with E-state index in [1.807, 2.05) is 39.3 Å². The average molecular weight is 455 g/mol. The summed E-state index contributed by atoms with van der Waals surface area (Å²) < 4.78 is 19.1. The van der Waals surface area contributed by atoms with Crippen molar-refractivity contribution in [1.29, 1.82) is 0 Å². The largest absolute Gasteiger partial charge is 0.472 e. The van der Waals surface area contributed by atoms with E-state index in [2.05, 4.69) is 20.6 Å². The van der Waals surface area contributed by atoms with Gasteiger partial charge in [-0.1, -0.05) is 39.3 Å². The van der Waals surface area contributed by atoms with Crippen LogP contribution < -0.4 is 15.4 Å². The Morgan fingerprint density at radius 3 is 2.68 bits per heavy atom. The zero-order valence-electron chi connectivity index (χ0n) is 19.4. The molecule has 174 valence electrons. The van der Waals surface area contributed by atoms with Crippen LogP contribution in [0.4, 0.5) is 17.5 Å². The van der Waals surface area contributed by atoms with Crippen LogP contribution >= 0.6 is 11.6 Å². The summed E-state index contributed by atoms with van der Waals surface area (Å²) in [6, 6.07) is 0.186. The van der Waals surface area contributed by atoms with Crippen LogP contribution in [0.2, 0.25) is 5.02 Å². The molecule has 0 aliphatic carbocycles. The van der Waals surface area contributed by atoms with Crippen molar-refractivity contribution in [2.45, 2.75) is 59.6 Å². The maximum Gasteiger partial charge on any atom is 0.257 e. The van der Waals surface area contributed by atoms with E-state index in [0.717, 1.165) is 30.8 Å². The second-order valence-corrected chi connectivity index (χ2v) is 7.05. The van der Waals surface area contributed by atoms with E-state index < -0.39 is 0 Å². The van der Waals surface area contributed by atoms with Gasteiger partial charge in [-0.05, 0) is 19.8 Å². The highest BCUT2D eigenvalue weighted by Gasteiger charge is 2.25. The molecular weight excluding hydrogens is 420 g/mol. The summed E-state index contributed by atoms with van der Waals surface area (Å²) in [6.45, 7) is 12.3. The van der Waals surface area contributed by atoms with Gasteiger partial charge in [-0.25, -0.2) is 4.98 Å². The Morgan fingerprint density at radius 2 is 2.00 bits per heavy atom. The maximum absolute atomic E-state index is 6.20. The third-order valence-corrected chi connectivity index (χ3v) is 5.09. The van der Waals surface area contributed by atoms with Crippen LogP contribution in [0.15, 0.2) is 6.20 Å². The fourth-order valence-electron chi connectivity index (χ4n) is 3.27. The van der Waals surface area contributed by atoms with Crippen molar-refractivity contribution < 1.29 is 14.2 Å². The number of aromatic nitrogens is 4. The predicted molar refractivity (Wildman–Crippen MR) is 124 cm³/mol. The molecule has 0 radical (unpaired) electrons. The van der Waals surface area contributed by atoms with Crippen LogP contribution in [0.5, 0.6) is 5.88 Å². The van der Waals surface area contributed by atoms with Gasteiger partial charge in [-0.15, -0.1) is 5.10 Å². The molecule has 2 aliphatic heterocycles. The third-order valence-electron chi connectivity index (χ3n) is 4.82. The number of nitrogens with one attached hydrogen (secondary N) is 2. The zero-order valence-corrected chi connectivity index (χ0v) is 20.1. The quantitative estimate of drug-likeness (QED) is 0.679. The van der Waals surface area contributed by atoms with Gasteiger partial charge in [0.2, 0.25) is 5.95 Å². The van der Waals surface area contributed by atoms with E-state index in [-0.39, 0.29) is 12.1 Å². The lowest BCUT2D eigenvalue weighted by molar-refractivity contribution is 0.0516. The topological polar surface area (TPSA) is 95.4 Å². The molecule has 31 heavy (non-hydrogen) atoms. The molecule has 9 nitrogen and oxygen atoms in total. The molecule has 1 saturated heterocycles. The molecule has 1 fully saturated rings. The lowest BCUT2D eigenvalue weighted by atomic mass is 10.1. The summed E-state index contributed by atoms with van der Waals surface area (Å²) >= 11 is 6.20. The standard InChI is InChI=1S/C17H23ClN6O3.2C2H6/c1-10-14-16(23-24(10)11-4-3-5-26-8-11)27-9-12(25-2)6-19-15-13(18)7-20-17(21-14)22-15;2*1-2/h7,11-12H,3-6,8-9H2,1-2H3,(H2,19,20,21,22);2*1-2H3. The normalized spacial score (nSPS) is 20.1. The fraction of sp³-hybridized carbons (Fsp3) is 0.667. The van der Waals surface area contributed by atoms with Crippen molar-refractivity contribution in [2.75, 3.05) is 44.1 Å². The summed E-state index contributed by atoms with van der Waals surface area (Å²) in [5, 5.41) is 11.6. The number of ether oxygens (including phenoxy) is 3. The SMILES string of the molecule is CC.CC.COC1CNc2nc(ncc2Cl)Nc2c(nn(C3CCCOC3)c2C)OC1. The lowest BCUT2D eigenvalue weighted by Crippen LogP contribution is -2.29. The second-order valence-electron chi connectivity index (χ2n) is 6.65. The molecule has 2 atom stereocenters. The Morgan fingerprint density at radius 1 is 1.23 bits per heavy atom. The predicted octanol–water partition coefficient (Wildman–Crippen LogP) is 4.60. The molecule has 2 N–H and O–H groups in total. The summed E-state index contributed by atoms with van der Waals surface area (Å²) in [7, 11) is 1.64. The van der Waals surface area contributed by atoms with E-state index in [0.29, 0.717) is 42.4 Å². The molecule has 2 aliphatic rings. The van der Waals surface area contributed by atoms with Crippen LogP contribution in [0.1, 0.15) is 52.3 Å². The smallest absolute Gasteiger partial charge is 0.257 e. The van der Waals surface area contributed by atoms with Gasteiger partial charge in [0, 0.05) is 20.3 Å².